The molecular weight excluding hydrogens is 240 g/mol. The summed E-state index contributed by atoms with van der Waals surface area (Å²) in [6, 6.07) is 5.37. The minimum atomic E-state index is 1.58. The molecule has 3 rings (SSSR count). The van der Waals surface area contributed by atoms with Crippen LogP contribution in [0.5, 0.6) is 0 Å². The Morgan fingerprint density at radius 2 is 1.05 bits per heavy atom. The monoisotopic (exact) mass is 254 g/mol. The summed E-state index contributed by atoms with van der Waals surface area (Å²) in [5, 5.41) is 20.1. The lowest BCUT2D eigenvalue weighted by atomic mass is 10.5. The van der Waals surface area contributed by atoms with E-state index in [2.05, 4.69) is 30.9 Å². The van der Waals surface area contributed by atoms with Crippen molar-refractivity contribution in [3.05, 3.63) is 79.7 Å². The molecule has 1 aliphatic heterocycles. The average Bonchev–Trinajstić information content (AvgIpc) is 2.85. The lowest BCUT2D eigenvalue weighted by Gasteiger charge is -1.79. The van der Waals surface area contributed by atoms with Gasteiger partial charge in [-0.1, -0.05) is 12.2 Å². The Kier molecular flexibility index (Phi) is 8.65. The number of hydrogen-bond donors (Lipinski definition) is 1. The van der Waals surface area contributed by atoms with Gasteiger partial charge < -0.3 is 5.32 Å². The Balaban J connectivity index is 0.000000143. The second kappa shape index (κ2) is 11.6. The number of aromatic nitrogens is 5. The number of hydrogen-bond acceptors (Lipinski definition) is 6. The molecule has 0 aliphatic carbocycles. The van der Waals surface area contributed by atoms with Crippen molar-refractivity contribution in [2.24, 2.45) is 0 Å². The summed E-state index contributed by atoms with van der Waals surface area (Å²) in [4.78, 5) is 0. The molecule has 0 spiro atoms. The van der Waals surface area contributed by atoms with Crippen LogP contribution in [0, 0.1) is 0 Å². The molecule has 0 unspecified atom stereocenters. The third-order valence-corrected chi connectivity index (χ3v) is 1.61. The maximum atomic E-state index is 3.53. The molecule has 0 atom stereocenters. The topological polar surface area (TPSA) is 76.5 Å². The van der Waals surface area contributed by atoms with Crippen LogP contribution in [-0.2, 0) is 0 Å². The number of nitrogens with zero attached hydrogens (tertiary/aromatic N) is 5. The fraction of sp³-hybridized carbons (Fsp3) is 0. The lowest BCUT2D eigenvalue weighted by Crippen LogP contribution is -1.87. The van der Waals surface area contributed by atoms with Gasteiger partial charge in [0.05, 0.1) is 12.4 Å². The summed E-state index contributed by atoms with van der Waals surface area (Å²) >= 11 is 0. The van der Waals surface area contributed by atoms with Crippen molar-refractivity contribution >= 4 is 0 Å². The second-order valence-electron chi connectivity index (χ2n) is 2.99. The molecule has 19 heavy (non-hydrogen) atoms. The highest BCUT2D eigenvalue weighted by molar-refractivity contribution is 5.14. The molecule has 2 aromatic rings. The van der Waals surface area contributed by atoms with Crippen LogP contribution in [0.2, 0.25) is 0 Å². The van der Waals surface area contributed by atoms with Gasteiger partial charge in [0.15, 0.2) is 0 Å². The molecular formula is C13H14N6. The maximum Gasteiger partial charge on any atom is 0.0529 e. The molecule has 96 valence electrons. The average molecular weight is 254 g/mol. The van der Waals surface area contributed by atoms with Crippen LogP contribution in [0.1, 0.15) is 0 Å². The fourth-order valence-corrected chi connectivity index (χ4v) is 0.864. The summed E-state index contributed by atoms with van der Waals surface area (Å²) in [6.07, 6.45) is 18.0. The van der Waals surface area contributed by atoms with Gasteiger partial charge in [-0.15, -0.1) is 10.2 Å². The molecule has 0 aromatic carbocycles. The fourth-order valence-electron chi connectivity index (χ4n) is 0.864. The molecule has 3 heterocycles. The van der Waals surface area contributed by atoms with Crippen molar-refractivity contribution in [1.82, 2.24) is 30.9 Å². The Morgan fingerprint density at radius 3 is 1.37 bits per heavy atom. The van der Waals surface area contributed by atoms with E-state index in [0.29, 0.717) is 0 Å². The largest absolute Gasteiger partial charge is 0.368 e. The van der Waals surface area contributed by atoms with E-state index in [-0.39, 0.29) is 0 Å². The van der Waals surface area contributed by atoms with E-state index in [1.807, 2.05) is 48.8 Å². The maximum absolute atomic E-state index is 3.53. The zero-order valence-corrected chi connectivity index (χ0v) is 10.2. The predicted octanol–water partition coefficient (Wildman–Crippen LogP) is 1.52. The quantitative estimate of drug-likeness (QED) is 0.768. The van der Waals surface area contributed by atoms with Crippen LogP contribution in [0.25, 0.3) is 0 Å². The molecule has 1 aliphatic rings. The van der Waals surface area contributed by atoms with E-state index in [1.54, 1.807) is 30.9 Å². The van der Waals surface area contributed by atoms with Gasteiger partial charge in [-0.25, -0.2) is 0 Å². The van der Waals surface area contributed by atoms with Crippen LogP contribution in [0.3, 0.4) is 0 Å². The van der Waals surface area contributed by atoms with E-state index in [0.717, 1.165) is 0 Å². The van der Waals surface area contributed by atoms with Gasteiger partial charge in [0.2, 0.25) is 0 Å². The first-order valence-electron chi connectivity index (χ1n) is 5.54. The SMILES string of the molecule is C1=CC=CNC=C1.c1ccnnc1.c1cnnnc1. The first kappa shape index (κ1) is 14.2. The molecule has 0 saturated heterocycles. The van der Waals surface area contributed by atoms with Gasteiger partial charge in [-0.2, -0.15) is 10.2 Å². The third kappa shape index (κ3) is 10.0. The Labute approximate surface area is 111 Å². The zero-order valence-electron chi connectivity index (χ0n) is 10.2. The molecule has 6 heteroatoms. The zero-order chi connectivity index (χ0) is 13.4. The number of nitrogens with one attached hydrogen (secondary N) is 1. The molecule has 0 fully saturated rings. The van der Waals surface area contributed by atoms with Crippen LogP contribution in [0.4, 0.5) is 0 Å². The standard InChI is InChI=1S/C6H7N.C4H4N2.C3H3N3/c1-2-4-6-7-5-3-1;2*1-2-4-6-5-3-1/h1-7H;1-4H;1-3H. The van der Waals surface area contributed by atoms with Crippen molar-refractivity contribution in [1.29, 1.82) is 0 Å². The van der Waals surface area contributed by atoms with E-state index in [9.17, 15) is 0 Å². The highest BCUT2D eigenvalue weighted by Crippen LogP contribution is 1.81. The first-order valence-corrected chi connectivity index (χ1v) is 5.54. The Hall–Kier alpha value is -2.89. The van der Waals surface area contributed by atoms with Crippen molar-refractivity contribution < 1.29 is 0 Å². The van der Waals surface area contributed by atoms with E-state index >= 15 is 0 Å². The molecule has 6 nitrogen and oxygen atoms in total. The van der Waals surface area contributed by atoms with Crippen LogP contribution in [0.15, 0.2) is 79.7 Å². The Bertz CT molecular complexity index is 382. The summed E-state index contributed by atoms with van der Waals surface area (Å²) in [5.74, 6) is 0. The summed E-state index contributed by atoms with van der Waals surface area (Å²) < 4.78 is 0. The third-order valence-electron chi connectivity index (χ3n) is 1.61. The van der Waals surface area contributed by atoms with Gasteiger partial charge in [-0.05, 0) is 35.6 Å². The minimum Gasteiger partial charge on any atom is -0.368 e. The highest BCUT2D eigenvalue weighted by Gasteiger charge is 1.67. The molecule has 0 amide bonds. The van der Waals surface area contributed by atoms with Crippen molar-refractivity contribution in [2.45, 2.75) is 0 Å². The normalized spacial score (nSPS) is 10.9. The van der Waals surface area contributed by atoms with Crippen LogP contribution in [-0.4, -0.2) is 25.6 Å². The summed E-state index contributed by atoms with van der Waals surface area (Å²) in [5.41, 5.74) is 0. The molecule has 0 radical (unpaired) electrons. The number of allylic oxidation sites excluding steroid dienone is 4. The van der Waals surface area contributed by atoms with Crippen molar-refractivity contribution in [3.8, 4) is 0 Å². The van der Waals surface area contributed by atoms with Gasteiger partial charge in [0.25, 0.3) is 0 Å². The molecule has 0 saturated carbocycles. The van der Waals surface area contributed by atoms with E-state index in [4.69, 9.17) is 0 Å². The van der Waals surface area contributed by atoms with Gasteiger partial charge in [0, 0.05) is 24.8 Å². The summed E-state index contributed by atoms with van der Waals surface area (Å²) in [7, 11) is 0. The summed E-state index contributed by atoms with van der Waals surface area (Å²) in [6.45, 7) is 0. The van der Waals surface area contributed by atoms with Gasteiger partial charge >= 0.3 is 0 Å². The van der Waals surface area contributed by atoms with E-state index < -0.39 is 0 Å². The predicted molar refractivity (Wildman–Crippen MR) is 72.4 cm³/mol. The molecule has 1 N–H and O–H groups in total. The highest BCUT2D eigenvalue weighted by atomic mass is 15.3. The number of rotatable bonds is 0. The van der Waals surface area contributed by atoms with Gasteiger partial charge in [-0.3, -0.25) is 0 Å². The minimum absolute atomic E-state index is 1.58. The Morgan fingerprint density at radius 1 is 0.526 bits per heavy atom. The lowest BCUT2D eigenvalue weighted by molar-refractivity contribution is 0.865. The van der Waals surface area contributed by atoms with Crippen molar-refractivity contribution in [2.75, 3.05) is 0 Å². The van der Waals surface area contributed by atoms with Gasteiger partial charge in [0.1, 0.15) is 0 Å². The van der Waals surface area contributed by atoms with Crippen molar-refractivity contribution in [3.63, 3.8) is 0 Å². The van der Waals surface area contributed by atoms with Crippen LogP contribution < -0.4 is 5.32 Å². The van der Waals surface area contributed by atoms with E-state index in [1.165, 1.54) is 0 Å². The molecule has 0 bridgehead atoms. The second-order valence-corrected chi connectivity index (χ2v) is 2.99. The first-order chi connectivity index (χ1) is 9.50. The smallest absolute Gasteiger partial charge is 0.0529 e. The molecule has 2 aromatic heterocycles. The van der Waals surface area contributed by atoms with Crippen LogP contribution >= 0.6 is 0 Å².